The van der Waals surface area contributed by atoms with Crippen LogP contribution in [0, 0.1) is 0 Å². The van der Waals surface area contributed by atoms with Crippen LogP contribution in [-0.2, 0) is 4.79 Å². The number of carboxylic acids is 1. The summed E-state index contributed by atoms with van der Waals surface area (Å²) in [5.41, 5.74) is 0.992. The van der Waals surface area contributed by atoms with Crippen LogP contribution in [0.1, 0.15) is 13.8 Å². The van der Waals surface area contributed by atoms with Crippen LogP contribution in [0.5, 0.6) is 0 Å². The van der Waals surface area contributed by atoms with Crippen molar-refractivity contribution < 1.29 is 9.90 Å². The molecule has 0 aromatic heterocycles. The number of aliphatic carboxylic acids is 1. The molecule has 0 bridgehead atoms. The molecule has 1 N–H and O–H groups in total. The fourth-order valence-corrected chi connectivity index (χ4v) is 0.805. The molecule has 96 valence electrons. The molecular formula is C13H15ClN2O2. The maximum absolute atomic E-state index is 9.60. The summed E-state index contributed by atoms with van der Waals surface area (Å²) in [5.74, 6) is -0.935. The van der Waals surface area contributed by atoms with Gasteiger partial charge in [0.1, 0.15) is 0 Å². The maximum atomic E-state index is 9.60. The normalized spacial score (nSPS) is 8.39. The van der Waals surface area contributed by atoms with Crippen LogP contribution in [0.15, 0.2) is 46.4 Å². The van der Waals surface area contributed by atoms with Gasteiger partial charge in [0.05, 0.1) is 11.7 Å². The number of nitrogens with zero attached hydrogens (tertiary/aromatic N) is 2. The summed E-state index contributed by atoms with van der Waals surface area (Å²) in [7, 11) is 0. The fraction of sp³-hybridized carbons (Fsp3) is 0.231. The van der Waals surface area contributed by atoms with Crippen LogP contribution in [-0.4, -0.2) is 23.6 Å². The molecule has 0 saturated heterocycles. The third-order valence-electron chi connectivity index (χ3n) is 1.60. The second kappa shape index (κ2) is 9.16. The average molecular weight is 267 g/mol. The van der Waals surface area contributed by atoms with Crippen LogP contribution in [0.4, 0.5) is 5.69 Å². The summed E-state index contributed by atoms with van der Waals surface area (Å²) in [6.07, 6.45) is 0. The van der Waals surface area contributed by atoms with Crippen LogP contribution in [0.25, 0.3) is 0 Å². The van der Waals surface area contributed by atoms with E-state index in [-0.39, 0.29) is 5.57 Å². The summed E-state index contributed by atoms with van der Waals surface area (Å²) in [5, 5.41) is 8.60. The summed E-state index contributed by atoms with van der Waals surface area (Å²) < 4.78 is 0. The van der Waals surface area contributed by atoms with Crippen molar-refractivity contribution >= 4 is 29.3 Å². The van der Waals surface area contributed by atoms with Gasteiger partial charge in [-0.05, 0) is 38.1 Å². The topological polar surface area (TPSA) is 62.0 Å². The molecule has 0 spiro atoms. The number of rotatable bonds is 3. The van der Waals surface area contributed by atoms with Gasteiger partial charge in [-0.1, -0.05) is 18.2 Å². The lowest BCUT2D eigenvalue weighted by Gasteiger charge is -1.89. The third kappa shape index (κ3) is 8.28. The highest BCUT2D eigenvalue weighted by molar-refractivity contribution is 6.30. The first-order valence-electron chi connectivity index (χ1n) is 5.24. The number of benzene rings is 1. The van der Waals surface area contributed by atoms with Gasteiger partial charge in [0.25, 0.3) is 0 Å². The van der Waals surface area contributed by atoms with Crippen molar-refractivity contribution in [1.29, 1.82) is 0 Å². The molecule has 0 aliphatic carbocycles. The Morgan fingerprint density at radius 2 is 1.94 bits per heavy atom. The van der Waals surface area contributed by atoms with Crippen molar-refractivity contribution in [3.8, 4) is 0 Å². The SMILES string of the molecule is C=C(C)C(=O)O.CCN=C=Nc1ccc(Cl)cc1. The molecule has 0 atom stereocenters. The zero-order valence-electron chi connectivity index (χ0n) is 10.4. The highest BCUT2D eigenvalue weighted by atomic mass is 35.5. The van der Waals surface area contributed by atoms with Crippen LogP contribution in [0.2, 0.25) is 5.02 Å². The van der Waals surface area contributed by atoms with Gasteiger partial charge in [-0.3, -0.25) is 0 Å². The summed E-state index contributed by atoms with van der Waals surface area (Å²) in [4.78, 5) is 17.4. The quantitative estimate of drug-likeness (QED) is 0.668. The van der Waals surface area contributed by atoms with Crippen molar-refractivity contribution in [3.05, 3.63) is 41.4 Å². The predicted octanol–water partition coefficient (Wildman–Crippen LogP) is 3.81. The van der Waals surface area contributed by atoms with E-state index in [0.29, 0.717) is 11.6 Å². The van der Waals surface area contributed by atoms with Gasteiger partial charge < -0.3 is 5.11 Å². The highest BCUT2D eigenvalue weighted by Gasteiger charge is 1.90. The first-order chi connectivity index (χ1) is 8.47. The predicted molar refractivity (Wildman–Crippen MR) is 74.0 cm³/mol. The molecule has 1 aromatic rings. The first-order valence-corrected chi connectivity index (χ1v) is 5.61. The molecular weight excluding hydrogens is 252 g/mol. The Labute approximate surface area is 111 Å². The van der Waals surface area contributed by atoms with Crippen molar-refractivity contribution in [2.75, 3.05) is 6.54 Å². The van der Waals surface area contributed by atoms with Gasteiger partial charge in [0.2, 0.25) is 0 Å². The smallest absolute Gasteiger partial charge is 0.330 e. The van der Waals surface area contributed by atoms with E-state index < -0.39 is 5.97 Å². The number of halogens is 1. The molecule has 0 unspecified atom stereocenters. The minimum atomic E-state index is -0.935. The second-order valence-electron chi connectivity index (χ2n) is 3.25. The number of hydrogen-bond acceptors (Lipinski definition) is 3. The van der Waals surface area contributed by atoms with Gasteiger partial charge in [-0.25, -0.2) is 9.79 Å². The van der Waals surface area contributed by atoms with Gasteiger partial charge >= 0.3 is 5.97 Å². The van der Waals surface area contributed by atoms with E-state index >= 15 is 0 Å². The molecule has 0 fully saturated rings. The number of carboxylic acid groups (broad SMARTS) is 1. The Morgan fingerprint density at radius 1 is 1.44 bits per heavy atom. The van der Waals surface area contributed by atoms with Crippen molar-refractivity contribution in [2.24, 2.45) is 9.98 Å². The largest absolute Gasteiger partial charge is 0.478 e. The van der Waals surface area contributed by atoms with Crippen molar-refractivity contribution in [1.82, 2.24) is 0 Å². The molecule has 0 amide bonds. The Hall–Kier alpha value is -1.90. The molecule has 0 radical (unpaired) electrons. The molecule has 0 aliphatic heterocycles. The van der Waals surface area contributed by atoms with E-state index in [1.54, 1.807) is 12.1 Å². The lowest BCUT2D eigenvalue weighted by Crippen LogP contribution is -1.92. The lowest BCUT2D eigenvalue weighted by molar-refractivity contribution is -0.132. The Balaban J connectivity index is 0.000000411. The number of aliphatic imine (C=N–C) groups is 2. The van der Waals surface area contributed by atoms with E-state index in [1.165, 1.54) is 6.92 Å². The molecule has 5 heteroatoms. The van der Waals surface area contributed by atoms with E-state index in [1.807, 2.05) is 19.1 Å². The minimum absolute atomic E-state index is 0.176. The first kappa shape index (κ1) is 16.1. The highest BCUT2D eigenvalue weighted by Crippen LogP contribution is 2.15. The zero-order chi connectivity index (χ0) is 14.0. The van der Waals surface area contributed by atoms with Crippen LogP contribution < -0.4 is 0 Å². The van der Waals surface area contributed by atoms with Gasteiger partial charge in [-0.2, -0.15) is 4.99 Å². The standard InChI is InChI=1S/C9H9ClN2.C4H6O2/c1-2-11-7-12-9-5-3-8(10)4-6-9;1-3(2)4(5)6/h3-6H,2H2,1H3;1H2,2H3,(H,5,6). The Morgan fingerprint density at radius 3 is 2.33 bits per heavy atom. The van der Waals surface area contributed by atoms with E-state index in [4.69, 9.17) is 16.7 Å². The minimum Gasteiger partial charge on any atom is -0.478 e. The molecule has 0 aliphatic rings. The van der Waals surface area contributed by atoms with Gasteiger partial charge in [0, 0.05) is 17.1 Å². The lowest BCUT2D eigenvalue weighted by atomic mass is 10.3. The van der Waals surface area contributed by atoms with Crippen LogP contribution >= 0.6 is 11.6 Å². The molecule has 4 nitrogen and oxygen atoms in total. The zero-order valence-corrected chi connectivity index (χ0v) is 11.1. The Bertz CT molecular complexity index is 448. The maximum Gasteiger partial charge on any atom is 0.330 e. The average Bonchev–Trinajstić information content (AvgIpc) is 2.33. The molecule has 18 heavy (non-hydrogen) atoms. The second-order valence-corrected chi connectivity index (χ2v) is 3.68. The summed E-state index contributed by atoms with van der Waals surface area (Å²) in [6.45, 7) is 7.24. The fourth-order valence-electron chi connectivity index (χ4n) is 0.679. The van der Waals surface area contributed by atoms with Gasteiger partial charge in [0.15, 0.2) is 0 Å². The molecule has 0 heterocycles. The van der Waals surface area contributed by atoms with Gasteiger partial charge in [-0.15, -0.1) is 0 Å². The molecule has 1 rings (SSSR count). The Kier molecular flexibility index (Phi) is 8.20. The molecule has 1 aromatic carbocycles. The monoisotopic (exact) mass is 266 g/mol. The van der Waals surface area contributed by atoms with E-state index in [0.717, 1.165) is 5.69 Å². The van der Waals surface area contributed by atoms with Crippen LogP contribution in [0.3, 0.4) is 0 Å². The van der Waals surface area contributed by atoms with E-state index in [2.05, 4.69) is 22.6 Å². The third-order valence-corrected chi connectivity index (χ3v) is 1.85. The summed E-state index contributed by atoms with van der Waals surface area (Å²) in [6, 6.07) is 9.79. The van der Waals surface area contributed by atoms with Crippen molar-refractivity contribution in [2.45, 2.75) is 13.8 Å². The van der Waals surface area contributed by atoms with Crippen molar-refractivity contribution in [3.63, 3.8) is 0 Å². The summed E-state index contributed by atoms with van der Waals surface area (Å²) >= 11 is 5.69. The van der Waals surface area contributed by atoms with E-state index in [9.17, 15) is 4.79 Å². The molecule has 0 saturated carbocycles. The number of carbonyl (C=O) groups is 1. The number of hydrogen-bond donors (Lipinski definition) is 1.